The average Bonchev–Trinajstić information content (AvgIpc) is 3.83. The van der Waals surface area contributed by atoms with Crippen LogP contribution in [-0.4, -0.2) is 85.7 Å². The first-order valence-corrected chi connectivity index (χ1v) is 16.3. The van der Waals surface area contributed by atoms with E-state index in [9.17, 15) is 4.79 Å². The fourth-order valence-electron chi connectivity index (χ4n) is 5.28. The lowest BCUT2D eigenvalue weighted by molar-refractivity contribution is -0.108. The Hall–Kier alpha value is -4.78. The second kappa shape index (κ2) is 17.2. The standard InChI is InChI=1S/C19H23N7.C9H15N3O.C6H11NO/c1-11-9-22-19(23-16-8-12(2)26(4)25-16)24-17(11)14-10-21-18-13(14)6-5-7-15(18)20-3;1-4-7(2)11-9-10-6-5-8(12-9)13-3;8-6-5-7-3-1-2-4-7/h7-10,20-21H,5-6H2,1-4H3,(H,22,23,24,25);5-7H,4H2,1-3H3,(H,10,11,12);6H,1-5H2. The fourth-order valence-corrected chi connectivity index (χ4v) is 5.28. The van der Waals surface area contributed by atoms with Gasteiger partial charge < -0.3 is 30.5 Å². The minimum Gasteiger partial charge on any atom is -0.481 e. The van der Waals surface area contributed by atoms with Crippen LogP contribution < -0.4 is 20.7 Å². The van der Waals surface area contributed by atoms with Crippen molar-refractivity contribution in [3.8, 4) is 17.1 Å². The summed E-state index contributed by atoms with van der Waals surface area (Å²) in [6.45, 7) is 11.1. The predicted octanol–water partition coefficient (Wildman–Crippen LogP) is 5.05. The highest BCUT2D eigenvalue weighted by Gasteiger charge is 2.21. The van der Waals surface area contributed by atoms with Gasteiger partial charge in [0.1, 0.15) is 6.29 Å². The normalized spacial score (nSPS) is 14.4. The average molecular weight is 644 g/mol. The summed E-state index contributed by atoms with van der Waals surface area (Å²) >= 11 is 0. The number of carbonyl (C=O) groups is 1. The first kappa shape index (κ1) is 35.1. The molecule has 1 unspecified atom stereocenters. The lowest BCUT2D eigenvalue weighted by Crippen LogP contribution is -2.20. The predicted molar refractivity (Wildman–Crippen MR) is 187 cm³/mol. The van der Waals surface area contributed by atoms with E-state index in [2.05, 4.69) is 65.8 Å². The number of methoxy groups -OCH3 is 1. The van der Waals surface area contributed by atoms with Crippen molar-refractivity contribution in [1.82, 2.24) is 44.9 Å². The molecule has 4 N–H and O–H groups in total. The molecule has 0 aromatic carbocycles. The third kappa shape index (κ3) is 9.61. The summed E-state index contributed by atoms with van der Waals surface area (Å²) in [5.41, 5.74) is 7.82. The number of aldehydes is 1. The molecular formula is C34H49N11O2. The van der Waals surface area contributed by atoms with Crippen LogP contribution in [0, 0.1) is 13.8 Å². The van der Waals surface area contributed by atoms with Gasteiger partial charge in [0.15, 0.2) is 5.82 Å². The number of carbonyl (C=O) groups excluding carboxylic acids is 1. The Balaban J connectivity index is 0.000000197. The lowest BCUT2D eigenvalue weighted by Gasteiger charge is -2.15. The van der Waals surface area contributed by atoms with Gasteiger partial charge in [0.2, 0.25) is 17.8 Å². The first-order valence-electron chi connectivity index (χ1n) is 16.3. The summed E-state index contributed by atoms with van der Waals surface area (Å²) in [7, 11) is 5.46. The maximum atomic E-state index is 9.92. The zero-order valence-corrected chi connectivity index (χ0v) is 28.7. The Kier molecular flexibility index (Phi) is 12.9. The van der Waals surface area contributed by atoms with Gasteiger partial charge in [0.05, 0.1) is 30.7 Å². The molecule has 13 heteroatoms. The van der Waals surface area contributed by atoms with E-state index in [1.807, 2.05) is 51.1 Å². The summed E-state index contributed by atoms with van der Waals surface area (Å²) < 4.78 is 6.80. The number of H-pyrrole nitrogens is 1. The van der Waals surface area contributed by atoms with Crippen molar-refractivity contribution in [3.05, 3.63) is 59.3 Å². The first-order chi connectivity index (χ1) is 22.8. The van der Waals surface area contributed by atoms with Gasteiger partial charge in [-0.05, 0) is 77.1 Å². The van der Waals surface area contributed by atoms with Crippen molar-refractivity contribution in [2.45, 2.75) is 65.8 Å². The van der Waals surface area contributed by atoms with Crippen LogP contribution in [0.5, 0.6) is 5.88 Å². The summed E-state index contributed by atoms with van der Waals surface area (Å²) in [5, 5.41) is 14.1. The van der Waals surface area contributed by atoms with Gasteiger partial charge in [-0.25, -0.2) is 15.0 Å². The molecule has 0 radical (unpaired) electrons. The maximum absolute atomic E-state index is 9.92. The molecule has 5 heterocycles. The topological polar surface area (TPSA) is 151 Å². The van der Waals surface area contributed by atoms with Gasteiger partial charge in [-0.3, -0.25) is 9.58 Å². The van der Waals surface area contributed by atoms with E-state index in [0.717, 1.165) is 78.4 Å². The van der Waals surface area contributed by atoms with E-state index in [4.69, 9.17) is 9.72 Å². The van der Waals surface area contributed by atoms with Gasteiger partial charge in [-0.15, -0.1) is 0 Å². The summed E-state index contributed by atoms with van der Waals surface area (Å²) in [5.74, 6) is 2.50. The van der Waals surface area contributed by atoms with Crippen LogP contribution in [0.4, 0.5) is 17.7 Å². The fraction of sp³-hybridized carbons (Fsp3) is 0.471. The highest BCUT2D eigenvalue weighted by molar-refractivity contribution is 5.77. The van der Waals surface area contributed by atoms with Crippen LogP contribution >= 0.6 is 0 Å². The second-order valence-electron chi connectivity index (χ2n) is 11.7. The van der Waals surface area contributed by atoms with E-state index in [1.165, 1.54) is 18.4 Å². The molecule has 1 fully saturated rings. The van der Waals surface area contributed by atoms with Crippen molar-refractivity contribution in [3.63, 3.8) is 0 Å². The van der Waals surface area contributed by atoms with E-state index in [1.54, 1.807) is 19.4 Å². The molecule has 1 atom stereocenters. The number of likely N-dealkylation sites (tertiary alicyclic amines) is 1. The van der Waals surface area contributed by atoms with Crippen molar-refractivity contribution >= 4 is 29.7 Å². The third-order valence-corrected chi connectivity index (χ3v) is 8.21. The van der Waals surface area contributed by atoms with E-state index in [0.29, 0.717) is 30.4 Å². The molecule has 6 rings (SSSR count). The molecule has 13 nitrogen and oxygen atoms in total. The number of fused-ring (bicyclic) bond motifs is 1. The monoisotopic (exact) mass is 643 g/mol. The highest BCUT2D eigenvalue weighted by atomic mass is 16.5. The molecule has 1 aliphatic carbocycles. The molecule has 0 amide bonds. The quantitative estimate of drug-likeness (QED) is 0.172. The van der Waals surface area contributed by atoms with Gasteiger partial charge >= 0.3 is 0 Å². The SMILES string of the molecule is CCC(C)Nc1nccc(OC)n1.CNC1=CCCc2c(-c3nc(Nc4cc(C)n(C)n4)ncc3C)c[nH]c21.O=CCN1CCCC1. The zero-order chi connectivity index (χ0) is 33.8. The van der Waals surface area contributed by atoms with E-state index < -0.39 is 0 Å². The Morgan fingerprint density at radius 1 is 1.15 bits per heavy atom. The van der Waals surface area contributed by atoms with Crippen LogP contribution in [0.3, 0.4) is 0 Å². The van der Waals surface area contributed by atoms with Crippen LogP contribution in [0.25, 0.3) is 17.0 Å². The van der Waals surface area contributed by atoms with Crippen LogP contribution in [0.2, 0.25) is 0 Å². The van der Waals surface area contributed by atoms with Gasteiger partial charge in [0.25, 0.3) is 0 Å². The van der Waals surface area contributed by atoms with Crippen LogP contribution in [-0.2, 0) is 18.3 Å². The van der Waals surface area contributed by atoms with Gasteiger partial charge in [-0.1, -0.05) is 13.0 Å². The van der Waals surface area contributed by atoms with Crippen molar-refractivity contribution in [1.29, 1.82) is 0 Å². The Bertz CT molecular complexity index is 1600. The number of nitrogens with zero attached hydrogens (tertiary/aromatic N) is 7. The summed E-state index contributed by atoms with van der Waals surface area (Å²) in [6, 6.07) is 4.08. The molecule has 1 aliphatic heterocycles. The van der Waals surface area contributed by atoms with Crippen molar-refractivity contribution < 1.29 is 9.53 Å². The number of aromatic amines is 1. The second-order valence-corrected chi connectivity index (χ2v) is 11.7. The number of allylic oxidation sites excluding steroid dienone is 1. The Labute approximate surface area is 277 Å². The van der Waals surface area contributed by atoms with Crippen LogP contribution in [0.15, 0.2) is 36.8 Å². The van der Waals surface area contributed by atoms with Crippen molar-refractivity contribution in [2.24, 2.45) is 7.05 Å². The molecule has 0 spiro atoms. The Morgan fingerprint density at radius 2 is 1.94 bits per heavy atom. The minimum atomic E-state index is 0.382. The number of hydrogen-bond donors (Lipinski definition) is 4. The molecule has 0 saturated carbocycles. The highest BCUT2D eigenvalue weighted by Crippen LogP contribution is 2.34. The molecule has 4 aromatic heterocycles. The number of rotatable bonds is 10. The van der Waals surface area contributed by atoms with Crippen molar-refractivity contribution in [2.75, 3.05) is 44.4 Å². The number of aromatic nitrogens is 7. The number of aryl methyl sites for hydroxylation is 3. The molecule has 0 bridgehead atoms. The lowest BCUT2D eigenvalue weighted by atomic mass is 9.95. The third-order valence-electron chi connectivity index (χ3n) is 8.21. The Morgan fingerprint density at radius 3 is 2.60 bits per heavy atom. The molecule has 47 heavy (non-hydrogen) atoms. The molecular weight excluding hydrogens is 594 g/mol. The zero-order valence-electron chi connectivity index (χ0n) is 28.7. The van der Waals surface area contributed by atoms with Gasteiger partial charge in [-0.2, -0.15) is 10.1 Å². The summed E-state index contributed by atoms with van der Waals surface area (Å²) in [6.07, 6.45) is 14.4. The minimum absolute atomic E-state index is 0.382. The largest absolute Gasteiger partial charge is 0.481 e. The van der Waals surface area contributed by atoms with Crippen LogP contribution in [0.1, 0.15) is 62.0 Å². The molecule has 2 aliphatic rings. The van der Waals surface area contributed by atoms with E-state index >= 15 is 0 Å². The van der Waals surface area contributed by atoms with Gasteiger partial charge in [0, 0.05) is 62.1 Å². The number of ether oxygens (including phenoxy) is 1. The summed E-state index contributed by atoms with van der Waals surface area (Å²) in [4.78, 5) is 32.9. The number of nitrogens with one attached hydrogen (secondary N) is 4. The van der Waals surface area contributed by atoms with E-state index in [-0.39, 0.29) is 0 Å². The molecule has 4 aromatic rings. The smallest absolute Gasteiger partial charge is 0.228 e. The molecule has 252 valence electrons. The number of hydrogen-bond acceptors (Lipinski definition) is 11. The molecule has 1 saturated heterocycles. The number of anilines is 3. The maximum Gasteiger partial charge on any atom is 0.228 e.